The van der Waals surface area contributed by atoms with Crippen LogP contribution in [0.15, 0.2) is 59.2 Å². The molecule has 2 aromatic carbocycles. The number of carbonyl (C=O) groups is 1. The average molecular weight is 405 g/mol. The van der Waals surface area contributed by atoms with E-state index in [1.165, 1.54) is 6.26 Å². The first kappa shape index (κ1) is 14.6. The van der Waals surface area contributed by atoms with Crippen LogP contribution in [0.3, 0.4) is 0 Å². The zero-order chi connectivity index (χ0) is 15.5. The second kappa shape index (κ2) is 6.18. The lowest BCUT2D eigenvalue weighted by Crippen LogP contribution is -2.12. The summed E-state index contributed by atoms with van der Waals surface area (Å²) < 4.78 is 6.45. The van der Waals surface area contributed by atoms with E-state index in [0.717, 1.165) is 9.13 Å². The van der Waals surface area contributed by atoms with Crippen molar-refractivity contribution in [3.05, 3.63) is 64.1 Å². The molecule has 110 valence electrons. The summed E-state index contributed by atoms with van der Waals surface area (Å²) in [5, 5.41) is 2.77. The van der Waals surface area contributed by atoms with Gasteiger partial charge < -0.3 is 15.5 Å². The Bertz CT molecular complexity index is 812. The van der Waals surface area contributed by atoms with Gasteiger partial charge in [0.05, 0.1) is 0 Å². The number of carbonyl (C=O) groups excluding carboxylic acids is 1. The van der Waals surface area contributed by atoms with Crippen LogP contribution in [0, 0.1) is 3.57 Å². The molecular weight excluding hydrogens is 393 g/mol. The Morgan fingerprint density at radius 2 is 1.95 bits per heavy atom. The first-order valence-electron chi connectivity index (χ1n) is 6.50. The van der Waals surface area contributed by atoms with Crippen molar-refractivity contribution in [1.82, 2.24) is 4.98 Å². The summed E-state index contributed by atoms with van der Waals surface area (Å²) >= 11 is 2.20. The molecular formula is C16H12IN3O2. The largest absolute Gasteiger partial charge is 0.444 e. The zero-order valence-electron chi connectivity index (χ0n) is 11.4. The minimum atomic E-state index is -0.319. The van der Waals surface area contributed by atoms with E-state index >= 15 is 0 Å². The summed E-state index contributed by atoms with van der Waals surface area (Å²) in [6.07, 6.45) is 1.33. The third-order valence-electron chi connectivity index (χ3n) is 2.97. The molecule has 0 aliphatic carbocycles. The number of benzene rings is 2. The molecule has 0 saturated carbocycles. The predicted molar refractivity (Wildman–Crippen MR) is 93.5 cm³/mol. The quantitative estimate of drug-likeness (QED) is 0.514. The highest BCUT2D eigenvalue weighted by Gasteiger charge is 2.13. The van der Waals surface area contributed by atoms with Gasteiger partial charge >= 0.3 is 0 Å². The van der Waals surface area contributed by atoms with Gasteiger partial charge in [0, 0.05) is 20.5 Å². The molecule has 3 N–H and O–H groups in total. The number of oxazole rings is 1. The van der Waals surface area contributed by atoms with Gasteiger partial charge in [0.1, 0.15) is 6.26 Å². The number of nitrogens with two attached hydrogens (primary N) is 1. The molecule has 3 aromatic rings. The van der Waals surface area contributed by atoms with E-state index in [1.54, 1.807) is 18.2 Å². The van der Waals surface area contributed by atoms with Gasteiger partial charge in [-0.25, -0.2) is 4.98 Å². The molecule has 0 bridgehead atoms. The maximum Gasteiger partial charge on any atom is 0.277 e. The van der Waals surface area contributed by atoms with Crippen LogP contribution >= 0.6 is 22.6 Å². The van der Waals surface area contributed by atoms with Gasteiger partial charge in [0.2, 0.25) is 5.89 Å². The molecule has 1 aromatic heterocycles. The van der Waals surface area contributed by atoms with Crippen LogP contribution in [0.1, 0.15) is 10.5 Å². The molecule has 1 heterocycles. The molecule has 0 spiro atoms. The minimum Gasteiger partial charge on any atom is -0.444 e. The highest BCUT2D eigenvalue weighted by Crippen LogP contribution is 2.21. The Morgan fingerprint density at radius 1 is 1.18 bits per heavy atom. The fourth-order valence-electron chi connectivity index (χ4n) is 1.91. The lowest BCUT2D eigenvalue weighted by molar-refractivity contribution is 0.102. The number of hydrogen-bond donors (Lipinski definition) is 2. The maximum absolute atomic E-state index is 12.2. The third kappa shape index (κ3) is 3.28. The second-order valence-electron chi connectivity index (χ2n) is 4.62. The van der Waals surface area contributed by atoms with Crippen molar-refractivity contribution < 1.29 is 9.21 Å². The lowest BCUT2D eigenvalue weighted by atomic mass is 10.2. The van der Waals surface area contributed by atoms with Crippen LogP contribution in [-0.2, 0) is 0 Å². The normalized spacial score (nSPS) is 10.4. The first-order valence-corrected chi connectivity index (χ1v) is 7.58. The zero-order valence-corrected chi connectivity index (χ0v) is 13.6. The van der Waals surface area contributed by atoms with E-state index in [-0.39, 0.29) is 11.6 Å². The monoisotopic (exact) mass is 405 g/mol. The number of amides is 1. The molecule has 0 aliphatic heterocycles. The Balaban J connectivity index is 1.78. The van der Waals surface area contributed by atoms with Gasteiger partial charge in [-0.05, 0) is 65.1 Å². The number of rotatable bonds is 3. The summed E-state index contributed by atoms with van der Waals surface area (Å²) in [6, 6.07) is 14.6. The number of nitrogen functional groups attached to an aromatic ring is 1. The van der Waals surface area contributed by atoms with E-state index in [1.807, 2.05) is 30.3 Å². The highest BCUT2D eigenvalue weighted by atomic mass is 127. The molecule has 0 atom stereocenters. The van der Waals surface area contributed by atoms with Crippen LogP contribution in [0.4, 0.5) is 11.4 Å². The predicted octanol–water partition coefficient (Wildman–Crippen LogP) is 3.78. The molecule has 5 nitrogen and oxygen atoms in total. The summed E-state index contributed by atoms with van der Waals surface area (Å²) in [4.78, 5) is 16.3. The van der Waals surface area contributed by atoms with Crippen LogP contribution in [0.5, 0.6) is 0 Å². The number of aromatic nitrogens is 1. The van der Waals surface area contributed by atoms with E-state index < -0.39 is 0 Å². The van der Waals surface area contributed by atoms with Gasteiger partial charge in [-0.1, -0.05) is 6.07 Å². The Kier molecular flexibility index (Phi) is 4.10. The standard InChI is InChI=1S/C16H12IN3O2/c17-11-4-6-13(7-5-11)19-15(21)14-9-22-16(20-14)10-2-1-3-12(18)8-10/h1-9H,18H2,(H,19,21). The Morgan fingerprint density at radius 3 is 2.68 bits per heavy atom. The van der Waals surface area contributed by atoms with Crippen molar-refractivity contribution in [2.45, 2.75) is 0 Å². The Hall–Kier alpha value is -2.35. The minimum absolute atomic E-state index is 0.218. The van der Waals surface area contributed by atoms with Gasteiger partial charge in [-0.3, -0.25) is 4.79 Å². The van der Waals surface area contributed by atoms with Gasteiger partial charge in [0.25, 0.3) is 5.91 Å². The maximum atomic E-state index is 12.2. The molecule has 0 unspecified atom stereocenters. The second-order valence-corrected chi connectivity index (χ2v) is 5.87. The number of hydrogen-bond acceptors (Lipinski definition) is 4. The number of halogens is 1. The van der Waals surface area contributed by atoms with Crippen molar-refractivity contribution in [1.29, 1.82) is 0 Å². The van der Waals surface area contributed by atoms with Gasteiger partial charge in [0.15, 0.2) is 5.69 Å². The van der Waals surface area contributed by atoms with Crippen molar-refractivity contribution in [3.63, 3.8) is 0 Å². The first-order chi connectivity index (χ1) is 10.6. The fourth-order valence-corrected chi connectivity index (χ4v) is 2.27. The molecule has 1 amide bonds. The van der Waals surface area contributed by atoms with Crippen LogP contribution in [-0.4, -0.2) is 10.9 Å². The molecule has 22 heavy (non-hydrogen) atoms. The van der Waals surface area contributed by atoms with Crippen molar-refractivity contribution in [2.75, 3.05) is 11.1 Å². The molecule has 6 heteroatoms. The highest BCUT2D eigenvalue weighted by molar-refractivity contribution is 14.1. The smallest absolute Gasteiger partial charge is 0.277 e. The summed E-state index contributed by atoms with van der Waals surface area (Å²) in [7, 11) is 0. The van der Waals surface area contributed by atoms with Gasteiger partial charge in [-0.15, -0.1) is 0 Å². The molecule has 0 radical (unpaired) electrons. The van der Waals surface area contributed by atoms with E-state index in [0.29, 0.717) is 17.3 Å². The average Bonchev–Trinajstić information content (AvgIpc) is 3.00. The topological polar surface area (TPSA) is 81.1 Å². The van der Waals surface area contributed by atoms with Crippen molar-refractivity contribution >= 4 is 39.9 Å². The van der Waals surface area contributed by atoms with Crippen LogP contribution in [0.2, 0.25) is 0 Å². The van der Waals surface area contributed by atoms with Crippen LogP contribution < -0.4 is 11.1 Å². The van der Waals surface area contributed by atoms with E-state index in [9.17, 15) is 4.79 Å². The summed E-state index contributed by atoms with van der Waals surface area (Å²) in [5.41, 5.74) is 7.99. The van der Waals surface area contributed by atoms with Crippen molar-refractivity contribution in [3.8, 4) is 11.5 Å². The number of anilines is 2. The number of nitrogens with one attached hydrogen (secondary N) is 1. The van der Waals surface area contributed by atoms with Crippen LogP contribution in [0.25, 0.3) is 11.5 Å². The molecule has 0 fully saturated rings. The SMILES string of the molecule is Nc1cccc(-c2nc(C(=O)Nc3ccc(I)cc3)co2)c1. The Labute approximate surface area is 140 Å². The summed E-state index contributed by atoms with van der Waals surface area (Å²) in [5.74, 6) is 0.0418. The van der Waals surface area contributed by atoms with E-state index in [2.05, 4.69) is 32.9 Å². The van der Waals surface area contributed by atoms with Gasteiger partial charge in [-0.2, -0.15) is 0 Å². The molecule has 0 aliphatic rings. The summed E-state index contributed by atoms with van der Waals surface area (Å²) in [6.45, 7) is 0. The molecule has 0 saturated heterocycles. The fraction of sp³-hybridized carbons (Fsp3) is 0. The van der Waals surface area contributed by atoms with Crippen molar-refractivity contribution in [2.24, 2.45) is 0 Å². The molecule has 3 rings (SSSR count). The van der Waals surface area contributed by atoms with E-state index in [4.69, 9.17) is 10.2 Å². The third-order valence-corrected chi connectivity index (χ3v) is 3.69. The number of nitrogens with zero attached hydrogens (tertiary/aromatic N) is 1. The lowest BCUT2D eigenvalue weighted by Gasteiger charge is -2.02.